The van der Waals surface area contributed by atoms with E-state index in [0.717, 1.165) is 18.4 Å². The Bertz CT molecular complexity index is 644. The quantitative estimate of drug-likeness (QED) is 0.378. The van der Waals surface area contributed by atoms with Gasteiger partial charge in [-0.2, -0.15) is 8.42 Å². The van der Waals surface area contributed by atoms with Crippen LogP contribution in [-0.4, -0.2) is 25.5 Å². The van der Waals surface area contributed by atoms with Crippen molar-refractivity contribution in [3.8, 4) is 0 Å². The van der Waals surface area contributed by atoms with Gasteiger partial charge >= 0.3 is 5.97 Å². The standard InChI is InChI=1S/C15H20O5S/c1-4-5-8-20-14(16)7-6-13-10-11(2)9-12(3)15(13)21(17,18)19/h6-7,9-10H,4-5,8H2,1-3H3,(H,17,18,19)/b7-6+. The number of esters is 1. The predicted octanol–water partition coefficient (Wildman–Crippen LogP) is 2.91. The van der Waals surface area contributed by atoms with Crippen molar-refractivity contribution in [2.45, 2.75) is 38.5 Å². The molecule has 21 heavy (non-hydrogen) atoms. The Morgan fingerprint density at radius 3 is 2.57 bits per heavy atom. The van der Waals surface area contributed by atoms with Crippen molar-refractivity contribution >= 4 is 22.2 Å². The van der Waals surface area contributed by atoms with Crippen LogP contribution in [0.3, 0.4) is 0 Å². The van der Waals surface area contributed by atoms with Crippen LogP contribution in [0.4, 0.5) is 0 Å². The summed E-state index contributed by atoms with van der Waals surface area (Å²) in [4.78, 5) is 11.3. The first kappa shape index (κ1) is 17.4. The average Bonchev–Trinajstić information content (AvgIpc) is 2.34. The maximum atomic E-state index is 11.5. The zero-order chi connectivity index (χ0) is 16.0. The van der Waals surface area contributed by atoms with Gasteiger partial charge < -0.3 is 4.74 Å². The minimum absolute atomic E-state index is 0.189. The van der Waals surface area contributed by atoms with E-state index in [2.05, 4.69) is 0 Å². The van der Waals surface area contributed by atoms with Gasteiger partial charge in [0.2, 0.25) is 0 Å². The van der Waals surface area contributed by atoms with Crippen LogP contribution >= 0.6 is 0 Å². The molecule has 0 aliphatic rings. The molecule has 0 bridgehead atoms. The molecule has 1 aromatic rings. The number of carbonyl (C=O) groups is 1. The van der Waals surface area contributed by atoms with E-state index >= 15 is 0 Å². The highest BCUT2D eigenvalue weighted by atomic mass is 32.2. The number of benzene rings is 1. The molecule has 0 saturated carbocycles. The lowest BCUT2D eigenvalue weighted by Gasteiger charge is -2.08. The van der Waals surface area contributed by atoms with Crippen molar-refractivity contribution in [2.75, 3.05) is 6.61 Å². The summed E-state index contributed by atoms with van der Waals surface area (Å²) in [5.74, 6) is -0.538. The van der Waals surface area contributed by atoms with Gasteiger partial charge in [0.05, 0.1) is 6.61 Å². The van der Waals surface area contributed by atoms with Crippen molar-refractivity contribution in [1.29, 1.82) is 0 Å². The molecule has 116 valence electrons. The van der Waals surface area contributed by atoms with Crippen LogP contribution < -0.4 is 0 Å². The van der Waals surface area contributed by atoms with Crippen molar-refractivity contribution in [3.63, 3.8) is 0 Å². The minimum atomic E-state index is -4.35. The maximum absolute atomic E-state index is 11.5. The van der Waals surface area contributed by atoms with Gasteiger partial charge in [0.1, 0.15) is 4.90 Å². The number of unbranched alkanes of at least 4 members (excludes halogenated alkanes) is 1. The SMILES string of the molecule is CCCCOC(=O)/C=C/c1cc(C)cc(C)c1S(=O)(=O)O. The van der Waals surface area contributed by atoms with Crippen LogP contribution in [0.15, 0.2) is 23.1 Å². The number of aryl methyl sites for hydroxylation is 2. The third kappa shape index (κ3) is 5.32. The highest BCUT2D eigenvalue weighted by Crippen LogP contribution is 2.23. The van der Waals surface area contributed by atoms with Crippen LogP contribution in [0.25, 0.3) is 6.08 Å². The van der Waals surface area contributed by atoms with Crippen LogP contribution in [0, 0.1) is 13.8 Å². The summed E-state index contributed by atoms with van der Waals surface area (Å²) >= 11 is 0. The molecular formula is C15H20O5S. The molecular weight excluding hydrogens is 292 g/mol. The van der Waals surface area contributed by atoms with E-state index in [1.54, 1.807) is 26.0 Å². The number of hydrogen-bond acceptors (Lipinski definition) is 4. The second kappa shape index (κ2) is 7.38. The minimum Gasteiger partial charge on any atom is -0.463 e. The molecule has 0 aliphatic carbocycles. The molecule has 0 amide bonds. The smallest absolute Gasteiger partial charge is 0.330 e. The lowest BCUT2D eigenvalue weighted by Crippen LogP contribution is -2.05. The van der Waals surface area contributed by atoms with Crippen LogP contribution in [0.5, 0.6) is 0 Å². The third-order valence-electron chi connectivity index (χ3n) is 2.85. The Morgan fingerprint density at radius 2 is 2.00 bits per heavy atom. The normalized spacial score (nSPS) is 11.8. The lowest BCUT2D eigenvalue weighted by molar-refractivity contribution is -0.137. The van der Waals surface area contributed by atoms with Gasteiger partial charge in [-0.15, -0.1) is 0 Å². The van der Waals surface area contributed by atoms with Gasteiger partial charge in [0.25, 0.3) is 10.1 Å². The molecule has 0 saturated heterocycles. The molecule has 0 fully saturated rings. The Labute approximate surface area is 125 Å². The van der Waals surface area contributed by atoms with Gasteiger partial charge in [0.15, 0.2) is 0 Å². The fraction of sp³-hybridized carbons (Fsp3) is 0.400. The Balaban J connectivity index is 3.05. The first-order valence-electron chi connectivity index (χ1n) is 6.69. The summed E-state index contributed by atoms with van der Waals surface area (Å²) in [7, 11) is -4.35. The Morgan fingerprint density at radius 1 is 1.33 bits per heavy atom. The Hall–Kier alpha value is -1.66. The molecule has 5 nitrogen and oxygen atoms in total. The van der Waals surface area contributed by atoms with Crippen LogP contribution in [-0.2, 0) is 19.6 Å². The van der Waals surface area contributed by atoms with E-state index < -0.39 is 16.1 Å². The highest BCUT2D eigenvalue weighted by molar-refractivity contribution is 7.86. The van der Waals surface area contributed by atoms with Crippen molar-refractivity contribution < 1.29 is 22.5 Å². The third-order valence-corrected chi connectivity index (χ3v) is 3.92. The van der Waals surface area contributed by atoms with E-state index in [9.17, 15) is 17.8 Å². The maximum Gasteiger partial charge on any atom is 0.330 e. The van der Waals surface area contributed by atoms with Gasteiger partial charge in [-0.3, -0.25) is 4.55 Å². The molecule has 0 aliphatic heterocycles. The largest absolute Gasteiger partial charge is 0.463 e. The van der Waals surface area contributed by atoms with Gasteiger partial charge in [-0.1, -0.05) is 31.0 Å². The average molecular weight is 312 g/mol. The summed E-state index contributed by atoms with van der Waals surface area (Å²) in [6.45, 7) is 5.71. The molecule has 1 N–H and O–H groups in total. The van der Waals surface area contributed by atoms with Crippen molar-refractivity contribution in [1.82, 2.24) is 0 Å². The van der Waals surface area contributed by atoms with E-state index in [1.165, 1.54) is 12.2 Å². The molecule has 0 unspecified atom stereocenters. The van der Waals surface area contributed by atoms with Crippen molar-refractivity contribution in [2.24, 2.45) is 0 Å². The summed E-state index contributed by atoms with van der Waals surface area (Å²) in [5.41, 5.74) is 1.53. The second-order valence-electron chi connectivity index (χ2n) is 4.83. The molecule has 6 heteroatoms. The van der Waals surface area contributed by atoms with E-state index in [-0.39, 0.29) is 10.5 Å². The summed E-state index contributed by atoms with van der Waals surface area (Å²) in [6.07, 6.45) is 4.20. The lowest BCUT2D eigenvalue weighted by atomic mass is 10.1. The molecule has 1 aromatic carbocycles. The highest BCUT2D eigenvalue weighted by Gasteiger charge is 2.17. The van der Waals surface area contributed by atoms with Gasteiger partial charge in [-0.25, -0.2) is 4.79 Å². The summed E-state index contributed by atoms with van der Waals surface area (Å²) in [6, 6.07) is 3.24. The molecule has 1 rings (SSSR count). The first-order valence-corrected chi connectivity index (χ1v) is 8.13. The fourth-order valence-corrected chi connectivity index (χ4v) is 2.88. The van der Waals surface area contributed by atoms with Gasteiger partial charge in [0, 0.05) is 6.08 Å². The fourth-order valence-electron chi connectivity index (χ4n) is 1.99. The summed E-state index contributed by atoms with van der Waals surface area (Å²) in [5, 5.41) is 0. The zero-order valence-corrected chi connectivity index (χ0v) is 13.2. The molecule has 0 radical (unpaired) electrons. The van der Waals surface area contributed by atoms with E-state index in [4.69, 9.17) is 4.74 Å². The van der Waals surface area contributed by atoms with E-state index in [1.807, 2.05) is 6.92 Å². The van der Waals surface area contributed by atoms with Gasteiger partial charge in [-0.05, 0) is 37.5 Å². The summed E-state index contributed by atoms with van der Waals surface area (Å²) < 4.78 is 37.1. The molecule has 0 spiro atoms. The van der Waals surface area contributed by atoms with Crippen LogP contribution in [0.2, 0.25) is 0 Å². The predicted molar refractivity (Wildman–Crippen MR) is 80.6 cm³/mol. The number of ether oxygens (including phenoxy) is 1. The molecule has 0 heterocycles. The molecule has 0 aromatic heterocycles. The second-order valence-corrected chi connectivity index (χ2v) is 6.19. The van der Waals surface area contributed by atoms with E-state index in [0.29, 0.717) is 12.2 Å². The molecule has 0 atom stereocenters. The first-order chi connectivity index (χ1) is 9.75. The number of carbonyl (C=O) groups excluding carboxylic acids is 1. The monoisotopic (exact) mass is 312 g/mol. The topological polar surface area (TPSA) is 80.7 Å². The zero-order valence-electron chi connectivity index (χ0n) is 12.4. The number of hydrogen-bond donors (Lipinski definition) is 1. The Kier molecular flexibility index (Phi) is 6.11. The van der Waals surface area contributed by atoms with Crippen LogP contribution in [0.1, 0.15) is 36.5 Å². The number of rotatable bonds is 6. The van der Waals surface area contributed by atoms with Crippen molar-refractivity contribution in [3.05, 3.63) is 34.9 Å².